The molecule has 10 heavy (non-hydrogen) atoms. The zero-order valence-corrected chi connectivity index (χ0v) is 7.28. The first kappa shape index (κ1) is 7.80. The molecule has 0 bridgehead atoms. The summed E-state index contributed by atoms with van der Waals surface area (Å²) in [6.45, 7) is 10.4. The van der Waals surface area contributed by atoms with Crippen LogP contribution in [0.2, 0.25) is 0 Å². The first-order valence-corrected chi connectivity index (χ1v) is 4.17. The second kappa shape index (κ2) is 3.20. The first-order chi connectivity index (χ1) is 4.77. The Hall–Kier alpha value is -0.300. The van der Waals surface area contributed by atoms with Crippen molar-refractivity contribution in [1.82, 2.24) is 4.90 Å². The predicted octanol–water partition coefficient (Wildman–Crippen LogP) is 2.05. The summed E-state index contributed by atoms with van der Waals surface area (Å²) in [5, 5.41) is 0. The highest BCUT2D eigenvalue weighted by molar-refractivity contribution is 5.20. The molecular formula is C9H17N. The average molecular weight is 139 g/mol. The minimum atomic E-state index is 1.20. The average Bonchev–Trinajstić information content (AvgIpc) is 2.30. The lowest BCUT2D eigenvalue weighted by atomic mass is 10.1. The number of likely N-dealkylation sites (N-methyl/N-ethyl adjacent to an activating group) is 1. The molecule has 0 aromatic rings. The van der Waals surface area contributed by atoms with Gasteiger partial charge >= 0.3 is 0 Å². The quantitative estimate of drug-likeness (QED) is 0.529. The van der Waals surface area contributed by atoms with Crippen LogP contribution < -0.4 is 0 Å². The molecule has 58 valence electrons. The van der Waals surface area contributed by atoms with Crippen molar-refractivity contribution in [2.24, 2.45) is 0 Å². The molecule has 0 amide bonds. The molecule has 0 spiro atoms. The second-order valence-corrected chi connectivity index (χ2v) is 3.04. The van der Waals surface area contributed by atoms with Crippen LogP contribution in [0.3, 0.4) is 0 Å². The van der Waals surface area contributed by atoms with Gasteiger partial charge in [-0.2, -0.15) is 0 Å². The van der Waals surface area contributed by atoms with Gasteiger partial charge in [-0.1, -0.05) is 25.0 Å². The minimum Gasteiger partial charge on any atom is -0.296 e. The van der Waals surface area contributed by atoms with Crippen molar-refractivity contribution in [2.75, 3.05) is 19.6 Å². The standard InChI is InChI=1S/C9H17N/c1-4-9-7-10(5-2)6-8(9)3/h4-7H2,1-3H3. The van der Waals surface area contributed by atoms with E-state index in [1.165, 1.54) is 26.1 Å². The van der Waals surface area contributed by atoms with E-state index in [2.05, 4.69) is 25.7 Å². The highest BCUT2D eigenvalue weighted by atomic mass is 15.1. The Morgan fingerprint density at radius 1 is 1.30 bits per heavy atom. The molecule has 0 fully saturated rings. The third kappa shape index (κ3) is 1.40. The van der Waals surface area contributed by atoms with E-state index < -0.39 is 0 Å². The maximum absolute atomic E-state index is 2.48. The third-order valence-electron chi connectivity index (χ3n) is 2.35. The van der Waals surface area contributed by atoms with E-state index in [4.69, 9.17) is 0 Å². The van der Waals surface area contributed by atoms with Crippen LogP contribution in [-0.4, -0.2) is 24.5 Å². The molecule has 0 unspecified atom stereocenters. The molecule has 0 saturated heterocycles. The molecule has 1 heterocycles. The fourth-order valence-corrected chi connectivity index (χ4v) is 1.55. The number of hydrogen-bond donors (Lipinski definition) is 0. The molecule has 0 N–H and O–H groups in total. The lowest BCUT2D eigenvalue weighted by Gasteiger charge is -2.11. The van der Waals surface area contributed by atoms with Crippen LogP contribution in [-0.2, 0) is 0 Å². The maximum atomic E-state index is 2.48. The molecule has 0 atom stereocenters. The fourth-order valence-electron chi connectivity index (χ4n) is 1.55. The van der Waals surface area contributed by atoms with Crippen molar-refractivity contribution >= 4 is 0 Å². The van der Waals surface area contributed by atoms with E-state index in [0.29, 0.717) is 0 Å². The van der Waals surface area contributed by atoms with Gasteiger partial charge in [-0.3, -0.25) is 4.90 Å². The molecule has 0 radical (unpaired) electrons. The van der Waals surface area contributed by atoms with Gasteiger partial charge in [0.25, 0.3) is 0 Å². The summed E-state index contributed by atoms with van der Waals surface area (Å²) in [5.41, 5.74) is 3.26. The summed E-state index contributed by atoms with van der Waals surface area (Å²) < 4.78 is 0. The summed E-state index contributed by atoms with van der Waals surface area (Å²) in [6, 6.07) is 0. The van der Waals surface area contributed by atoms with Gasteiger partial charge in [-0.05, 0) is 19.9 Å². The van der Waals surface area contributed by atoms with Gasteiger partial charge in [-0.15, -0.1) is 0 Å². The zero-order chi connectivity index (χ0) is 7.56. The number of hydrogen-bond acceptors (Lipinski definition) is 1. The molecule has 1 heteroatoms. The van der Waals surface area contributed by atoms with E-state index in [1.54, 1.807) is 11.1 Å². The van der Waals surface area contributed by atoms with Gasteiger partial charge in [0.2, 0.25) is 0 Å². The van der Waals surface area contributed by atoms with Crippen molar-refractivity contribution in [3.05, 3.63) is 11.1 Å². The van der Waals surface area contributed by atoms with Crippen LogP contribution in [0.25, 0.3) is 0 Å². The second-order valence-electron chi connectivity index (χ2n) is 3.04. The third-order valence-corrected chi connectivity index (χ3v) is 2.35. The van der Waals surface area contributed by atoms with Gasteiger partial charge in [0.15, 0.2) is 0 Å². The molecule has 1 nitrogen and oxygen atoms in total. The Morgan fingerprint density at radius 3 is 2.30 bits per heavy atom. The van der Waals surface area contributed by atoms with Crippen molar-refractivity contribution in [1.29, 1.82) is 0 Å². The van der Waals surface area contributed by atoms with Crippen molar-refractivity contribution < 1.29 is 0 Å². The molecule has 1 aliphatic heterocycles. The Bertz CT molecular complexity index is 147. The SMILES string of the molecule is CCC1=C(C)CN(CC)C1. The van der Waals surface area contributed by atoms with Crippen LogP contribution in [0.4, 0.5) is 0 Å². The van der Waals surface area contributed by atoms with Gasteiger partial charge in [0.05, 0.1) is 0 Å². The molecule has 1 aliphatic rings. The smallest absolute Gasteiger partial charge is 0.0199 e. The summed E-state index contributed by atoms with van der Waals surface area (Å²) in [6.07, 6.45) is 1.24. The summed E-state index contributed by atoms with van der Waals surface area (Å²) in [5.74, 6) is 0. The van der Waals surface area contributed by atoms with Crippen LogP contribution in [0.15, 0.2) is 11.1 Å². The predicted molar refractivity (Wildman–Crippen MR) is 45.1 cm³/mol. The van der Waals surface area contributed by atoms with E-state index in [9.17, 15) is 0 Å². The monoisotopic (exact) mass is 139 g/mol. The van der Waals surface area contributed by atoms with E-state index in [1.807, 2.05) is 0 Å². The molecule has 0 aromatic heterocycles. The summed E-state index contributed by atoms with van der Waals surface area (Å²) in [4.78, 5) is 2.48. The van der Waals surface area contributed by atoms with Gasteiger partial charge in [-0.25, -0.2) is 0 Å². The first-order valence-electron chi connectivity index (χ1n) is 4.17. The normalized spacial score (nSPS) is 20.7. The zero-order valence-electron chi connectivity index (χ0n) is 7.28. The van der Waals surface area contributed by atoms with E-state index in [0.717, 1.165) is 0 Å². The van der Waals surface area contributed by atoms with Crippen LogP contribution >= 0.6 is 0 Å². The highest BCUT2D eigenvalue weighted by Crippen LogP contribution is 2.18. The fraction of sp³-hybridized carbons (Fsp3) is 0.778. The molecule has 0 aliphatic carbocycles. The summed E-state index contributed by atoms with van der Waals surface area (Å²) >= 11 is 0. The number of nitrogens with zero attached hydrogens (tertiary/aromatic N) is 1. The Kier molecular flexibility index (Phi) is 2.50. The molecule has 0 saturated carbocycles. The Balaban J connectivity index is 2.50. The van der Waals surface area contributed by atoms with Crippen molar-refractivity contribution in [3.8, 4) is 0 Å². The van der Waals surface area contributed by atoms with Gasteiger partial charge in [0.1, 0.15) is 0 Å². The van der Waals surface area contributed by atoms with Gasteiger partial charge in [0, 0.05) is 13.1 Å². The topological polar surface area (TPSA) is 3.24 Å². The van der Waals surface area contributed by atoms with Crippen LogP contribution in [0.5, 0.6) is 0 Å². The Morgan fingerprint density at radius 2 is 2.00 bits per heavy atom. The molecular weight excluding hydrogens is 122 g/mol. The summed E-state index contributed by atoms with van der Waals surface area (Å²) in [7, 11) is 0. The van der Waals surface area contributed by atoms with Gasteiger partial charge < -0.3 is 0 Å². The van der Waals surface area contributed by atoms with Crippen LogP contribution in [0.1, 0.15) is 27.2 Å². The molecule has 1 rings (SSSR count). The van der Waals surface area contributed by atoms with E-state index in [-0.39, 0.29) is 0 Å². The molecule has 0 aromatic carbocycles. The Labute approximate surface area is 63.7 Å². The lowest BCUT2D eigenvalue weighted by Crippen LogP contribution is -2.20. The highest BCUT2D eigenvalue weighted by Gasteiger charge is 2.14. The maximum Gasteiger partial charge on any atom is 0.0199 e. The van der Waals surface area contributed by atoms with Crippen molar-refractivity contribution in [3.63, 3.8) is 0 Å². The minimum absolute atomic E-state index is 1.20. The van der Waals surface area contributed by atoms with Crippen LogP contribution in [0, 0.1) is 0 Å². The lowest BCUT2D eigenvalue weighted by molar-refractivity contribution is 0.363. The van der Waals surface area contributed by atoms with E-state index >= 15 is 0 Å². The van der Waals surface area contributed by atoms with Crippen molar-refractivity contribution in [2.45, 2.75) is 27.2 Å². The largest absolute Gasteiger partial charge is 0.296 e. The number of rotatable bonds is 2.